The van der Waals surface area contributed by atoms with Gasteiger partial charge in [0.2, 0.25) is 0 Å². The number of hydrogen-bond donors (Lipinski definition) is 3. The highest BCUT2D eigenvalue weighted by atomic mass is 79.9. The molecule has 0 saturated carbocycles. The number of nitrogens with one attached hydrogen (secondary N) is 1. The molecule has 7 nitrogen and oxygen atoms in total. The van der Waals surface area contributed by atoms with E-state index in [2.05, 4.69) is 26.1 Å². The van der Waals surface area contributed by atoms with E-state index in [9.17, 15) is 19.8 Å². The number of piperidine rings is 1. The lowest BCUT2D eigenvalue weighted by Crippen LogP contribution is -2.53. The van der Waals surface area contributed by atoms with Gasteiger partial charge >= 0.3 is 0 Å². The zero-order chi connectivity index (χ0) is 20.1. The molecule has 0 spiro atoms. The van der Waals surface area contributed by atoms with Crippen molar-refractivity contribution >= 4 is 27.7 Å². The van der Waals surface area contributed by atoms with Gasteiger partial charge in [-0.3, -0.25) is 9.59 Å². The Bertz CT molecular complexity index is 647. The van der Waals surface area contributed by atoms with Crippen molar-refractivity contribution in [3.63, 3.8) is 0 Å². The number of carbonyl (C=O) groups is 2. The Morgan fingerprint density at radius 3 is 2.30 bits per heavy atom. The summed E-state index contributed by atoms with van der Waals surface area (Å²) in [7, 11) is 3.63. The highest BCUT2D eigenvalue weighted by molar-refractivity contribution is 9.10. The van der Waals surface area contributed by atoms with Gasteiger partial charge in [-0.05, 0) is 57.6 Å². The topological polar surface area (TPSA) is 93.1 Å². The number of aliphatic hydroxyl groups is 2. The quantitative estimate of drug-likeness (QED) is 0.609. The maximum atomic E-state index is 12.5. The molecule has 3 atom stereocenters. The van der Waals surface area contributed by atoms with Crippen LogP contribution in [0.4, 0.5) is 0 Å². The van der Waals surface area contributed by atoms with Crippen molar-refractivity contribution in [2.45, 2.75) is 44.1 Å². The SMILES string of the molecule is C[C@@H](NC(=O)[C@H](O)[C@@H](O)C(=O)N(C)C1CCN(C)CC1)c1ccc(Br)cc1. The van der Waals surface area contributed by atoms with Gasteiger partial charge in [0.25, 0.3) is 11.8 Å². The van der Waals surface area contributed by atoms with Gasteiger partial charge in [-0.15, -0.1) is 0 Å². The van der Waals surface area contributed by atoms with Crippen LogP contribution in [-0.2, 0) is 9.59 Å². The van der Waals surface area contributed by atoms with E-state index in [1.807, 2.05) is 31.3 Å². The van der Waals surface area contributed by atoms with Gasteiger partial charge in [0, 0.05) is 17.6 Å². The molecule has 2 rings (SSSR count). The summed E-state index contributed by atoms with van der Waals surface area (Å²) in [6.45, 7) is 3.50. The Morgan fingerprint density at radius 1 is 1.19 bits per heavy atom. The molecule has 0 radical (unpaired) electrons. The summed E-state index contributed by atoms with van der Waals surface area (Å²) in [6.07, 6.45) is -2.00. The molecule has 1 aromatic carbocycles. The van der Waals surface area contributed by atoms with Crippen LogP contribution < -0.4 is 5.32 Å². The number of amides is 2. The number of aliphatic hydroxyl groups excluding tert-OH is 2. The lowest BCUT2D eigenvalue weighted by molar-refractivity contribution is -0.154. The third-order valence-electron chi connectivity index (χ3n) is 5.13. The van der Waals surface area contributed by atoms with Crippen LogP contribution in [0.2, 0.25) is 0 Å². The molecule has 8 heteroatoms. The summed E-state index contributed by atoms with van der Waals surface area (Å²) >= 11 is 3.35. The molecule has 1 heterocycles. The minimum atomic E-state index is -1.82. The Balaban J connectivity index is 1.92. The summed E-state index contributed by atoms with van der Waals surface area (Å²) in [5.41, 5.74) is 0.850. The fraction of sp³-hybridized carbons (Fsp3) is 0.579. The van der Waals surface area contributed by atoms with Crippen molar-refractivity contribution in [2.75, 3.05) is 27.2 Å². The fourth-order valence-corrected chi connectivity index (χ4v) is 3.45. The summed E-state index contributed by atoms with van der Waals surface area (Å²) in [6, 6.07) is 7.02. The molecule has 0 aromatic heterocycles. The maximum Gasteiger partial charge on any atom is 0.254 e. The summed E-state index contributed by atoms with van der Waals surface area (Å²) in [5.74, 6) is -1.41. The first-order valence-corrected chi connectivity index (χ1v) is 9.87. The first-order chi connectivity index (χ1) is 12.7. The lowest BCUT2D eigenvalue weighted by Gasteiger charge is -2.36. The predicted octanol–water partition coefficient (Wildman–Crippen LogP) is 0.901. The molecule has 1 saturated heterocycles. The van der Waals surface area contributed by atoms with Crippen molar-refractivity contribution in [3.8, 4) is 0 Å². The van der Waals surface area contributed by atoms with E-state index in [4.69, 9.17) is 0 Å². The molecule has 1 aromatic rings. The van der Waals surface area contributed by atoms with Gasteiger partial charge < -0.3 is 25.3 Å². The maximum absolute atomic E-state index is 12.5. The summed E-state index contributed by atoms with van der Waals surface area (Å²) in [4.78, 5) is 28.4. The van der Waals surface area contributed by atoms with Crippen LogP contribution >= 0.6 is 15.9 Å². The molecule has 0 unspecified atom stereocenters. The average molecular weight is 442 g/mol. The van der Waals surface area contributed by atoms with Crippen LogP contribution in [0.15, 0.2) is 28.7 Å². The largest absolute Gasteiger partial charge is 0.380 e. The molecule has 1 aliphatic rings. The van der Waals surface area contributed by atoms with Gasteiger partial charge in [0.15, 0.2) is 12.2 Å². The van der Waals surface area contributed by atoms with Crippen LogP contribution in [0.25, 0.3) is 0 Å². The molecule has 3 N–H and O–H groups in total. The van der Waals surface area contributed by atoms with Crippen LogP contribution in [0.3, 0.4) is 0 Å². The second-order valence-corrected chi connectivity index (χ2v) is 8.07. The van der Waals surface area contributed by atoms with Crippen molar-refractivity contribution in [1.29, 1.82) is 0 Å². The number of likely N-dealkylation sites (tertiary alicyclic amines) is 1. The Kier molecular flexibility index (Phi) is 7.79. The molecular formula is C19H28BrN3O4. The average Bonchev–Trinajstić information content (AvgIpc) is 2.66. The summed E-state index contributed by atoms with van der Waals surface area (Å²) < 4.78 is 0.919. The normalized spacial score (nSPS) is 19.2. The third-order valence-corrected chi connectivity index (χ3v) is 5.66. The second kappa shape index (κ2) is 9.64. The van der Waals surface area contributed by atoms with Crippen molar-refractivity contribution in [1.82, 2.24) is 15.1 Å². The highest BCUT2D eigenvalue weighted by Gasteiger charge is 2.35. The zero-order valence-corrected chi connectivity index (χ0v) is 17.5. The molecule has 27 heavy (non-hydrogen) atoms. The number of nitrogens with zero attached hydrogens (tertiary/aromatic N) is 2. The van der Waals surface area contributed by atoms with Crippen molar-refractivity contribution in [2.24, 2.45) is 0 Å². The van der Waals surface area contributed by atoms with Crippen molar-refractivity contribution < 1.29 is 19.8 Å². The van der Waals surface area contributed by atoms with Crippen LogP contribution in [0.5, 0.6) is 0 Å². The van der Waals surface area contributed by atoms with E-state index in [0.29, 0.717) is 0 Å². The highest BCUT2D eigenvalue weighted by Crippen LogP contribution is 2.18. The molecule has 2 amide bonds. The molecule has 0 bridgehead atoms. The third kappa shape index (κ3) is 5.75. The van der Waals surface area contributed by atoms with Crippen molar-refractivity contribution in [3.05, 3.63) is 34.3 Å². The number of halogens is 1. The summed E-state index contributed by atoms with van der Waals surface area (Å²) in [5, 5.41) is 23.0. The van der Waals surface area contributed by atoms with E-state index in [1.54, 1.807) is 14.0 Å². The van der Waals surface area contributed by atoms with E-state index in [1.165, 1.54) is 4.90 Å². The van der Waals surface area contributed by atoms with Gasteiger partial charge in [-0.1, -0.05) is 28.1 Å². The monoisotopic (exact) mass is 441 g/mol. The number of rotatable bonds is 6. The van der Waals surface area contributed by atoms with Crippen LogP contribution in [0, 0.1) is 0 Å². The lowest BCUT2D eigenvalue weighted by atomic mass is 10.0. The first kappa shape index (κ1) is 21.8. The second-order valence-electron chi connectivity index (χ2n) is 7.16. The molecular weight excluding hydrogens is 414 g/mol. The van der Waals surface area contributed by atoms with Gasteiger partial charge in [0.1, 0.15) is 0 Å². The van der Waals surface area contributed by atoms with E-state index < -0.39 is 24.0 Å². The smallest absolute Gasteiger partial charge is 0.254 e. The minimum absolute atomic E-state index is 0.000278. The Morgan fingerprint density at radius 2 is 1.74 bits per heavy atom. The molecule has 1 fully saturated rings. The van der Waals surface area contributed by atoms with E-state index >= 15 is 0 Å². The molecule has 0 aliphatic carbocycles. The first-order valence-electron chi connectivity index (χ1n) is 9.08. The number of likely N-dealkylation sites (N-methyl/N-ethyl adjacent to an activating group) is 1. The molecule has 150 valence electrons. The number of carbonyl (C=O) groups excluding carboxylic acids is 2. The zero-order valence-electron chi connectivity index (χ0n) is 15.9. The van der Waals surface area contributed by atoms with Gasteiger partial charge in [-0.25, -0.2) is 0 Å². The van der Waals surface area contributed by atoms with Gasteiger partial charge in [0.05, 0.1) is 6.04 Å². The predicted molar refractivity (Wildman–Crippen MR) is 106 cm³/mol. The fourth-order valence-electron chi connectivity index (χ4n) is 3.18. The Hall–Kier alpha value is -1.48. The molecule has 1 aliphatic heterocycles. The van der Waals surface area contributed by atoms with E-state index in [-0.39, 0.29) is 12.1 Å². The number of hydrogen-bond acceptors (Lipinski definition) is 5. The Labute approximate surface area is 168 Å². The minimum Gasteiger partial charge on any atom is -0.380 e. The standard InChI is InChI=1S/C19H28BrN3O4/c1-12(13-4-6-14(20)7-5-13)21-18(26)16(24)17(25)19(27)23(3)15-8-10-22(2)11-9-15/h4-7,12,15-17,24-25H,8-11H2,1-3H3,(H,21,26)/t12-,16-,17-/m1/s1. The number of benzene rings is 1. The van der Waals surface area contributed by atoms with E-state index in [0.717, 1.165) is 36.0 Å². The van der Waals surface area contributed by atoms with Gasteiger partial charge in [-0.2, -0.15) is 0 Å². The van der Waals surface area contributed by atoms with Crippen LogP contribution in [0.1, 0.15) is 31.4 Å². The van der Waals surface area contributed by atoms with Crippen LogP contribution in [-0.4, -0.2) is 77.3 Å².